The zero-order valence-corrected chi connectivity index (χ0v) is 7.33. The second-order valence-corrected chi connectivity index (χ2v) is 2.04. The summed E-state index contributed by atoms with van der Waals surface area (Å²) in [6.45, 7) is 5.38. The molecule has 0 radical (unpaired) electrons. The van der Waals surface area contributed by atoms with Gasteiger partial charge in [0.2, 0.25) is 0 Å². The highest BCUT2D eigenvalue weighted by atomic mass is 16.7. The third kappa shape index (κ3) is 3.30. The first-order valence-corrected chi connectivity index (χ1v) is 3.50. The van der Waals surface area contributed by atoms with E-state index in [1.807, 2.05) is 6.92 Å². The first-order valence-electron chi connectivity index (χ1n) is 3.50. The molecule has 0 unspecified atom stereocenters. The molecule has 0 aromatic rings. The van der Waals surface area contributed by atoms with E-state index < -0.39 is 0 Å². The van der Waals surface area contributed by atoms with Crippen molar-refractivity contribution in [2.45, 2.75) is 19.6 Å². The number of methoxy groups -OCH3 is 2. The maximum atomic E-state index is 5.03. The van der Waals surface area contributed by atoms with Gasteiger partial charge in [-0.1, -0.05) is 6.92 Å². The molecule has 64 valence electrons. The van der Waals surface area contributed by atoms with Gasteiger partial charge < -0.3 is 9.47 Å². The summed E-state index contributed by atoms with van der Waals surface area (Å²) in [5, 5.41) is 0. The summed E-state index contributed by atoms with van der Waals surface area (Å²) in [6, 6.07) is 0. The topological polar surface area (TPSA) is 30.8 Å². The molecule has 11 heavy (non-hydrogen) atoms. The van der Waals surface area contributed by atoms with E-state index in [0.717, 1.165) is 12.0 Å². The summed E-state index contributed by atoms with van der Waals surface area (Å²) >= 11 is 0. The molecule has 0 atom stereocenters. The Hall–Kier alpha value is -0.670. The summed E-state index contributed by atoms with van der Waals surface area (Å²) in [6.07, 6.45) is 2.23. The van der Waals surface area contributed by atoms with Crippen molar-refractivity contribution in [3.63, 3.8) is 0 Å². The zero-order chi connectivity index (χ0) is 8.69. The quantitative estimate of drug-likeness (QED) is 0.448. The molecule has 0 saturated heterocycles. The largest absolute Gasteiger partial charge is 0.352 e. The third-order valence-corrected chi connectivity index (χ3v) is 1.40. The van der Waals surface area contributed by atoms with Crippen LogP contribution in [0.1, 0.15) is 13.3 Å². The number of rotatable bonds is 5. The van der Waals surface area contributed by atoms with E-state index in [1.54, 1.807) is 20.4 Å². The number of nitrogens with zero attached hydrogens (tertiary/aromatic N) is 1. The van der Waals surface area contributed by atoms with E-state index in [4.69, 9.17) is 9.47 Å². The molecule has 0 heterocycles. The maximum Gasteiger partial charge on any atom is 0.180 e. The Morgan fingerprint density at radius 1 is 1.55 bits per heavy atom. The van der Waals surface area contributed by atoms with Gasteiger partial charge in [-0.25, -0.2) is 0 Å². The Kier molecular flexibility index (Phi) is 5.70. The zero-order valence-electron chi connectivity index (χ0n) is 7.33. The highest BCUT2D eigenvalue weighted by Gasteiger charge is 2.08. The predicted octanol–water partition coefficient (Wildman–Crippen LogP) is 1.60. The Balaban J connectivity index is 4.20. The van der Waals surface area contributed by atoms with Crippen molar-refractivity contribution in [2.75, 3.05) is 14.2 Å². The van der Waals surface area contributed by atoms with Crippen LogP contribution in [0.4, 0.5) is 0 Å². The van der Waals surface area contributed by atoms with Crippen molar-refractivity contribution in [1.29, 1.82) is 0 Å². The van der Waals surface area contributed by atoms with Crippen molar-refractivity contribution in [2.24, 2.45) is 4.99 Å². The summed E-state index contributed by atoms with van der Waals surface area (Å²) in [4.78, 5) is 3.65. The molecule has 0 amide bonds. The predicted molar refractivity (Wildman–Crippen MR) is 45.7 cm³/mol. The van der Waals surface area contributed by atoms with Crippen molar-refractivity contribution < 1.29 is 9.47 Å². The minimum atomic E-state index is -0.287. The molecule has 0 aliphatic heterocycles. The maximum absolute atomic E-state index is 5.03. The van der Waals surface area contributed by atoms with E-state index in [0.29, 0.717) is 0 Å². The van der Waals surface area contributed by atoms with Gasteiger partial charge in [-0.3, -0.25) is 4.99 Å². The fourth-order valence-electron chi connectivity index (χ4n) is 0.835. The van der Waals surface area contributed by atoms with Crippen LogP contribution in [-0.2, 0) is 9.47 Å². The van der Waals surface area contributed by atoms with E-state index in [1.165, 1.54) is 0 Å². The van der Waals surface area contributed by atoms with E-state index in [-0.39, 0.29) is 6.29 Å². The van der Waals surface area contributed by atoms with Crippen LogP contribution in [0.15, 0.2) is 16.8 Å². The number of ether oxygens (including phenoxy) is 2. The molecule has 3 heteroatoms. The Bertz CT molecular complexity index is 139. The van der Waals surface area contributed by atoms with Crippen LogP contribution < -0.4 is 0 Å². The van der Waals surface area contributed by atoms with Crippen molar-refractivity contribution in [3.8, 4) is 0 Å². The SMILES string of the molecule is C=N/C=C(\CC)C(OC)OC. The Morgan fingerprint density at radius 3 is 2.36 bits per heavy atom. The highest BCUT2D eigenvalue weighted by Crippen LogP contribution is 2.10. The lowest BCUT2D eigenvalue weighted by atomic mass is 10.2. The van der Waals surface area contributed by atoms with Crippen molar-refractivity contribution in [3.05, 3.63) is 11.8 Å². The van der Waals surface area contributed by atoms with Crippen LogP contribution in [0.2, 0.25) is 0 Å². The van der Waals surface area contributed by atoms with Crippen molar-refractivity contribution >= 4 is 6.72 Å². The molecule has 0 aliphatic rings. The molecule has 0 aromatic heterocycles. The minimum absolute atomic E-state index is 0.287. The number of aliphatic imine (C=N–C) groups is 1. The van der Waals surface area contributed by atoms with E-state index in [9.17, 15) is 0 Å². The Morgan fingerprint density at radius 2 is 2.09 bits per heavy atom. The van der Waals surface area contributed by atoms with Crippen LogP contribution in [0.5, 0.6) is 0 Å². The van der Waals surface area contributed by atoms with Gasteiger partial charge in [-0.05, 0) is 13.1 Å². The standard InChI is InChI=1S/C8H15NO2/c1-5-7(6-9-2)8(10-3)11-4/h6,8H,2,5H2,1,3-4H3/b7-6+. The summed E-state index contributed by atoms with van der Waals surface area (Å²) in [5.41, 5.74) is 0.991. The van der Waals surface area contributed by atoms with Crippen LogP contribution >= 0.6 is 0 Å². The van der Waals surface area contributed by atoms with Crippen LogP contribution in [0, 0.1) is 0 Å². The third-order valence-electron chi connectivity index (χ3n) is 1.40. The fraction of sp³-hybridized carbons (Fsp3) is 0.625. The molecular weight excluding hydrogens is 142 g/mol. The summed E-state index contributed by atoms with van der Waals surface area (Å²) < 4.78 is 10.1. The lowest BCUT2D eigenvalue weighted by Gasteiger charge is -2.14. The second-order valence-electron chi connectivity index (χ2n) is 2.04. The van der Waals surface area contributed by atoms with Gasteiger partial charge in [0.05, 0.1) is 0 Å². The van der Waals surface area contributed by atoms with Crippen LogP contribution in [0.25, 0.3) is 0 Å². The Labute approximate surface area is 67.7 Å². The van der Waals surface area contributed by atoms with Gasteiger partial charge in [0.15, 0.2) is 6.29 Å². The molecule has 0 aliphatic carbocycles. The van der Waals surface area contributed by atoms with E-state index >= 15 is 0 Å². The average Bonchev–Trinajstić information content (AvgIpc) is 2.05. The van der Waals surface area contributed by atoms with E-state index in [2.05, 4.69) is 11.7 Å². The molecule has 3 nitrogen and oxygen atoms in total. The van der Waals surface area contributed by atoms with Gasteiger partial charge in [-0.2, -0.15) is 0 Å². The molecule has 0 saturated carbocycles. The molecule has 0 rings (SSSR count). The summed E-state index contributed by atoms with van der Waals surface area (Å²) in [5.74, 6) is 0. The lowest BCUT2D eigenvalue weighted by Crippen LogP contribution is -2.15. The molecular formula is C8H15NO2. The van der Waals surface area contributed by atoms with Crippen LogP contribution in [-0.4, -0.2) is 27.2 Å². The van der Waals surface area contributed by atoms with Gasteiger partial charge in [0.25, 0.3) is 0 Å². The van der Waals surface area contributed by atoms with Gasteiger partial charge in [0, 0.05) is 26.0 Å². The number of hydrogen-bond donors (Lipinski definition) is 0. The minimum Gasteiger partial charge on any atom is -0.352 e. The van der Waals surface area contributed by atoms with Crippen LogP contribution in [0.3, 0.4) is 0 Å². The first-order chi connectivity index (χ1) is 5.29. The second kappa shape index (κ2) is 6.07. The molecule has 0 fully saturated rings. The molecule has 0 aromatic carbocycles. The first kappa shape index (κ1) is 10.3. The van der Waals surface area contributed by atoms with Gasteiger partial charge in [0.1, 0.15) is 0 Å². The smallest absolute Gasteiger partial charge is 0.180 e. The molecule has 0 spiro atoms. The fourth-order valence-corrected chi connectivity index (χ4v) is 0.835. The molecule has 0 bridgehead atoms. The van der Waals surface area contributed by atoms with Gasteiger partial charge >= 0.3 is 0 Å². The number of hydrogen-bond acceptors (Lipinski definition) is 3. The normalized spacial score (nSPS) is 12.2. The average molecular weight is 157 g/mol. The van der Waals surface area contributed by atoms with Crippen molar-refractivity contribution in [1.82, 2.24) is 0 Å². The summed E-state index contributed by atoms with van der Waals surface area (Å²) in [7, 11) is 3.20. The van der Waals surface area contributed by atoms with Gasteiger partial charge in [-0.15, -0.1) is 0 Å². The molecule has 0 N–H and O–H groups in total. The lowest BCUT2D eigenvalue weighted by molar-refractivity contribution is -0.0764. The monoisotopic (exact) mass is 157 g/mol. The highest BCUT2D eigenvalue weighted by molar-refractivity contribution is 5.26.